The SMILES string of the molecule is CCOC(=O)C1=C(OCC)c2ccccc2N(C(=O)OCC)CC1. The average molecular weight is 333 g/mol. The summed E-state index contributed by atoms with van der Waals surface area (Å²) in [6.07, 6.45) is -0.104. The van der Waals surface area contributed by atoms with Gasteiger partial charge in [-0.1, -0.05) is 12.1 Å². The van der Waals surface area contributed by atoms with E-state index in [4.69, 9.17) is 14.2 Å². The van der Waals surface area contributed by atoms with Gasteiger partial charge < -0.3 is 14.2 Å². The highest BCUT2D eigenvalue weighted by atomic mass is 16.6. The van der Waals surface area contributed by atoms with E-state index in [-0.39, 0.29) is 13.2 Å². The van der Waals surface area contributed by atoms with Crippen LogP contribution < -0.4 is 4.90 Å². The molecule has 0 fully saturated rings. The highest BCUT2D eigenvalue weighted by molar-refractivity contribution is 6.01. The largest absolute Gasteiger partial charge is 0.493 e. The van der Waals surface area contributed by atoms with E-state index >= 15 is 0 Å². The van der Waals surface area contributed by atoms with Gasteiger partial charge in [0.15, 0.2) is 0 Å². The zero-order chi connectivity index (χ0) is 17.5. The van der Waals surface area contributed by atoms with Crippen LogP contribution in [0.5, 0.6) is 0 Å². The molecular formula is C18H23NO5. The molecule has 1 heterocycles. The van der Waals surface area contributed by atoms with Gasteiger partial charge in [0, 0.05) is 18.5 Å². The van der Waals surface area contributed by atoms with Crippen LogP contribution in [0, 0.1) is 0 Å². The Hall–Kier alpha value is -2.50. The summed E-state index contributed by atoms with van der Waals surface area (Å²) in [5.74, 6) is 0.0554. The molecule has 1 aliphatic heterocycles. The van der Waals surface area contributed by atoms with Crippen molar-refractivity contribution in [2.24, 2.45) is 0 Å². The number of hydrogen-bond donors (Lipinski definition) is 0. The van der Waals surface area contributed by atoms with Crippen LogP contribution in [0.15, 0.2) is 29.8 Å². The highest BCUT2D eigenvalue weighted by Crippen LogP contribution is 2.35. The van der Waals surface area contributed by atoms with Gasteiger partial charge in [-0.2, -0.15) is 0 Å². The Labute approximate surface area is 142 Å². The lowest BCUT2D eigenvalue weighted by Crippen LogP contribution is -2.32. The van der Waals surface area contributed by atoms with E-state index in [1.54, 1.807) is 13.8 Å². The molecule has 0 N–H and O–H groups in total. The van der Waals surface area contributed by atoms with Gasteiger partial charge in [-0.25, -0.2) is 9.59 Å². The van der Waals surface area contributed by atoms with Gasteiger partial charge in [0.1, 0.15) is 5.76 Å². The molecule has 1 aromatic rings. The van der Waals surface area contributed by atoms with E-state index in [1.165, 1.54) is 4.90 Å². The third kappa shape index (κ3) is 3.69. The Bertz CT molecular complexity index is 638. The maximum atomic E-state index is 12.4. The molecule has 0 spiro atoms. The number of carbonyl (C=O) groups excluding carboxylic acids is 2. The highest BCUT2D eigenvalue weighted by Gasteiger charge is 2.30. The summed E-state index contributed by atoms with van der Waals surface area (Å²) in [7, 11) is 0. The second-order valence-electron chi connectivity index (χ2n) is 5.08. The molecule has 1 amide bonds. The van der Waals surface area contributed by atoms with E-state index in [1.807, 2.05) is 31.2 Å². The standard InChI is InChI=1S/C18H23NO5/c1-4-22-16-13-9-7-8-10-15(13)19(18(21)24-6-3)12-11-14(16)17(20)23-5-2/h7-10H,4-6,11-12H2,1-3H3. The Balaban J connectivity index is 2.53. The van der Waals surface area contributed by atoms with Crippen molar-refractivity contribution in [1.82, 2.24) is 0 Å². The summed E-state index contributed by atoms with van der Waals surface area (Å²) in [5, 5.41) is 0. The van der Waals surface area contributed by atoms with Crippen LogP contribution in [0.3, 0.4) is 0 Å². The molecule has 6 heteroatoms. The van der Waals surface area contributed by atoms with Gasteiger partial charge in [-0.15, -0.1) is 0 Å². The Morgan fingerprint density at radius 1 is 1.04 bits per heavy atom. The molecule has 0 bridgehead atoms. The molecule has 1 aromatic carbocycles. The van der Waals surface area contributed by atoms with Crippen molar-refractivity contribution in [3.63, 3.8) is 0 Å². The molecule has 0 unspecified atom stereocenters. The number of ether oxygens (including phenoxy) is 3. The van der Waals surface area contributed by atoms with Crippen LogP contribution in [0.4, 0.5) is 10.5 Å². The zero-order valence-corrected chi connectivity index (χ0v) is 14.3. The first kappa shape index (κ1) is 17.8. The molecular weight excluding hydrogens is 310 g/mol. The normalized spacial score (nSPS) is 13.9. The van der Waals surface area contributed by atoms with E-state index in [0.29, 0.717) is 42.2 Å². The average Bonchev–Trinajstić information content (AvgIpc) is 2.73. The summed E-state index contributed by atoms with van der Waals surface area (Å²) >= 11 is 0. The number of hydrogen-bond acceptors (Lipinski definition) is 5. The number of fused-ring (bicyclic) bond motifs is 1. The van der Waals surface area contributed by atoms with Crippen molar-refractivity contribution in [2.45, 2.75) is 27.2 Å². The van der Waals surface area contributed by atoms with Crippen LogP contribution in [-0.2, 0) is 19.0 Å². The number of amides is 1. The van der Waals surface area contributed by atoms with Gasteiger partial charge >= 0.3 is 12.1 Å². The van der Waals surface area contributed by atoms with Gasteiger partial charge in [-0.05, 0) is 32.9 Å². The second kappa shape index (κ2) is 8.38. The number of nitrogens with zero attached hydrogens (tertiary/aromatic N) is 1. The Morgan fingerprint density at radius 3 is 2.42 bits per heavy atom. The van der Waals surface area contributed by atoms with Crippen LogP contribution in [0.2, 0.25) is 0 Å². The fourth-order valence-electron chi connectivity index (χ4n) is 2.63. The quantitative estimate of drug-likeness (QED) is 0.773. The van der Waals surface area contributed by atoms with Gasteiger partial charge in [-0.3, -0.25) is 4.90 Å². The number of esters is 1. The van der Waals surface area contributed by atoms with Gasteiger partial charge in [0.05, 0.1) is 31.1 Å². The first-order valence-electron chi connectivity index (χ1n) is 8.20. The summed E-state index contributed by atoms with van der Waals surface area (Å²) in [5.41, 5.74) is 1.80. The van der Waals surface area contributed by atoms with Crippen molar-refractivity contribution in [1.29, 1.82) is 0 Å². The lowest BCUT2D eigenvalue weighted by Gasteiger charge is -2.22. The predicted molar refractivity (Wildman–Crippen MR) is 90.6 cm³/mol. The van der Waals surface area contributed by atoms with Crippen molar-refractivity contribution in [3.8, 4) is 0 Å². The first-order valence-corrected chi connectivity index (χ1v) is 8.20. The minimum absolute atomic E-state index is 0.283. The number of carbonyl (C=O) groups is 2. The third-order valence-corrected chi connectivity index (χ3v) is 3.60. The molecule has 0 saturated carbocycles. The fraction of sp³-hybridized carbons (Fsp3) is 0.444. The fourth-order valence-corrected chi connectivity index (χ4v) is 2.63. The van der Waals surface area contributed by atoms with Crippen molar-refractivity contribution >= 4 is 23.5 Å². The van der Waals surface area contributed by atoms with Crippen molar-refractivity contribution in [3.05, 3.63) is 35.4 Å². The molecule has 0 aromatic heterocycles. The van der Waals surface area contributed by atoms with Crippen molar-refractivity contribution < 1.29 is 23.8 Å². The minimum atomic E-state index is -0.439. The topological polar surface area (TPSA) is 65.1 Å². The Morgan fingerprint density at radius 2 is 1.75 bits per heavy atom. The molecule has 6 nitrogen and oxygen atoms in total. The predicted octanol–water partition coefficient (Wildman–Crippen LogP) is 3.36. The van der Waals surface area contributed by atoms with E-state index in [2.05, 4.69) is 0 Å². The van der Waals surface area contributed by atoms with Crippen molar-refractivity contribution in [2.75, 3.05) is 31.3 Å². The van der Waals surface area contributed by atoms with Crippen LogP contribution in [0.25, 0.3) is 5.76 Å². The van der Waals surface area contributed by atoms with Gasteiger partial charge in [0.25, 0.3) is 0 Å². The summed E-state index contributed by atoms with van der Waals surface area (Å²) in [4.78, 5) is 26.2. The molecule has 1 aliphatic rings. The number of rotatable bonds is 5. The molecule has 24 heavy (non-hydrogen) atoms. The van der Waals surface area contributed by atoms with E-state index in [0.717, 1.165) is 0 Å². The smallest absolute Gasteiger partial charge is 0.414 e. The maximum Gasteiger partial charge on any atom is 0.414 e. The first-order chi connectivity index (χ1) is 11.6. The number of anilines is 1. The molecule has 2 rings (SSSR count). The van der Waals surface area contributed by atoms with Crippen LogP contribution >= 0.6 is 0 Å². The molecule has 130 valence electrons. The molecule has 0 atom stereocenters. The Kier molecular flexibility index (Phi) is 6.23. The maximum absolute atomic E-state index is 12.4. The molecule has 0 aliphatic carbocycles. The summed E-state index contributed by atoms with van der Waals surface area (Å²) in [6, 6.07) is 7.33. The summed E-state index contributed by atoms with van der Waals surface area (Å²) in [6.45, 7) is 6.67. The van der Waals surface area contributed by atoms with Crippen LogP contribution in [-0.4, -0.2) is 38.4 Å². The minimum Gasteiger partial charge on any atom is -0.493 e. The summed E-state index contributed by atoms with van der Waals surface area (Å²) < 4.78 is 16.1. The van der Waals surface area contributed by atoms with Crippen LogP contribution in [0.1, 0.15) is 32.8 Å². The van der Waals surface area contributed by atoms with E-state index < -0.39 is 12.1 Å². The van der Waals surface area contributed by atoms with Gasteiger partial charge in [0.2, 0.25) is 0 Å². The zero-order valence-electron chi connectivity index (χ0n) is 14.3. The second-order valence-corrected chi connectivity index (χ2v) is 5.08. The lowest BCUT2D eigenvalue weighted by atomic mass is 10.1. The lowest BCUT2D eigenvalue weighted by molar-refractivity contribution is -0.138. The monoisotopic (exact) mass is 333 g/mol. The molecule has 0 saturated heterocycles. The van der Waals surface area contributed by atoms with E-state index in [9.17, 15) is 9.59 Å². The number of benzene rings is 1. The number of para-hydroxylation sites is 1. The third-order valence-electron chi connectivity index (χ3n) is 3.60. The molecule has 0 radical (unpaired) electrons.